The Bertz CT molecular complexity index is 546. The molecule has 1 heterocycles. The maximum absolute atomic E-state index is 12.9. The van der Waals surface area contributed by atoms with Crippen LogP contribution in [0.5, 0.6) is 5.75 Å². The van der Waals surface area contributed by atoms with Crippen LogP contribution in [0.1, 0.15) is 24.1 Å². The summed E-state index contributed by atoms with van der Waals surface area (Å²) in [6, 6.07) is 3.22. The molecule has 18 heavy (non-hydrogen) atoms. The molecule has 0 aliphatic rings. The first-order chi connectivity index (χ1) is 8.56. The number of benzene rings is 1. The van der Waals surface area contributed by atoms with Crippen molar-refractivity contribution in [2.75, 3.05) is 0 Å². The molecule has 1 aromatic heterocycles. The van der Waals surface area contributed by atoms with E-state index in [4.69, 9.17) is 20.8 Å². The highest BCUT2D eigenvalue weighted by Crippen LogP contribution is 2.19. The van der Waals surface area contributed by atoms with Gasteiger partial charge in [0.15, 0.2) is 18.2 Å². The van der Waals surface area contributed by atoms with Gasteiger partial charge in [-0.2, -0.15) is 0 Å². The second-order valence-corrected chi connectivity index (χ2v) is 4.17. The van der Waals surface area contributed by atoms with Gasteiger partial charge in [-0.15, -0.1) is 21.8 Å². The van der Waals surface area contributed by atoms with Crippen molar-refractivity contribution in [2.45, 2.75) is 18.9 Å². The molecule has 0 N–H and O–H groups in total. The molecule has 1 unspecified atom stereocenters. The molecule has 4 nitrogen and oxygen atoms in total. The largest absolute Gasteiger partial charge is 0.484 e. The molecule has 0 saturated carbocycles. The molecule has 0 saturated heterocycles. The van der Waals surface area contributed by atoms with Gasteiger partial charge < -0.3 is 9.15 Å². The Hall–Kier alpha value is -1.69. The smallest absolute Gasteiger partial charge is 0.253 e. The first kappa shape index (κ1) is 12.8. The normalized spacial score (nSPS) is 12.4. The number of aromatic nitrogens is 2. The number of halogens is 3. The summed E-state index contributed by atoms with van der Waals surface area (Å²) in [7, 11) is 0. The van der Waals surface area contributed by atoms with Crippen LogP contribution in [-0.4, -0.2) is 10.2 Å². The third-order valence-electron chi connectivity index (χ3n) is 2.08. The fourth-order valence-corrected chi connectivity index (χ4v) is 1.29. The minimum Gasteiger partial charge on any atom is -0.484 e. The molecule has 0 amide bonds. The average molecular weight is 275 g/mol. The van der Waals surface area contributed by atoms with E-state index in [0.717, 1.165) is 12.1 Å². The first-order valence-electron chi connectivity index (χ1n) is 5.10. The van der Waals surface area contributed by atoms with Crippen LogP contribution >= 0.6 is 11.6 Å². The molecule has 7 heteroatoms. The second kappa shape index (κ2) is 5.30. The van der Waals surface area contributed by atoms with Crippen LogP contribution in [0.3, 0.4) is 0 Å². The third kappa shape index (κ3) is 2.95. The van der Waals surface area contributed by atoms with E-state index in [0.29, 0.717) is 0 Å². The van der Waals surface area contributed by atoms with E-state index in [2.05, 4.69) is 10.2 Å². The molecule has 0 radical (unpaired) electrons. The monoisotopic (exact) mass is 274 g/mol. The van der Waals surface area contributed by atoms with E-state index in [1.165, 1.54) is 6.07 Å². The number of nitrogens with zero attached hydrogens (tertiary/aromatic N) is 2. The van der Waals surface area contributed by atoms with Gasteiger partial charge in [-0.05, 0) is 19.1 Å². The lowest BCUT2D eigenvalue weighted by atomic mass is 10.3. The van der Waals surface area contributed by atoms with E-state index in [9.17, 15) is 8.78 Å². The van der Waals surface area contributed by atoms with Crippen LogP contribution in [-0.2, 0) is 6.61 Å². The van der Waals surface area contributed by atoms with Gasteiger partial charge in [0.1, 0.15) is 11.1 Å². The highest BCUT2D eigenvalue weighted by molar-refractivity contribution is 6.20. The molecule has 2 rings (SSSR count). The lowest BCUT2D eigenvalue weighted by Crippen LogP contribution is -1.96. The van der Waals surface area contributed by atoms with E-state index < -0.39 is 17.0 Å². The summed E-state index contributed by atoms with van der Waals surface area (Å²) in [6.07, 6.45) is 0. The molecule has 96 valence electrons. The highest BCUT2D eigenvalue weighted by Gasteiger charge is 2.11. The number of alkyl halides is 1. The molecule has 0 fully saturated rings. The highest BCUT2D eigenvalue weighted by atomic mass is 35.5. The summed E-state index contributed by atoms with van der Waals surface area (Å²) in [5, 5.41) is 7.00. The molecular weight excluding hydrogens is 266 g/mol. The second-order valence-electron chi connectivity index (χ2n) is 3.51. The predicted molar refractivity (Wildman–Crippen MR) is 59.3 cm³/mol. The average Bonchev–Trinajstić information content (AvgIpc) is 2.79. The van der Waals surface area contributed by atoms with Gasteiger partial charge in [0.05, 0.1) is 0 Å². The van der Waals surface area contributed by atoms with Gasteiger partial charge in [0.2, 0.25) is 5.89 Å². The standard InChI is InChI=1S/C11H9ClF2N2O2/c1-6(12)11-16-15-10(18-11)5-17-7-2-3-8(13)9(14)4-7/h2-4,6H,5H2,1H3. The van der Waals surface area contributed by atoms with E-state index in [-0.39, 0.29) is 24.1 Å². The molecule has 1 aromatic carbocycles. The van der Waals surface area contributed by atoms with Crippen molar-refractivity contribution in [3.63, 3.8) is 0 Å². The van der Waals surface area contributed by atoms with Crippen LogP contribution in [0.25, 0.3) is 0 Å². The van der Waals surface area contributed by atoms with Gasteiger partial charge in [0, 0.05) is 6.07 Å². The van der Waals surface area contributed by atoms with Crippen LogP contribution < -0.4 is 4.74 Å². The van der Waals surface area contributed by atoms with Crippen molar-refractivity contribution < 1.29 is 17.9 Å². The molecule has 0 spiro atoms. The van der Waals surface area contributed by atoms with Gasteiger partial charge in [0.25, 0.3) is 5.89 Å². The zero-order chi connectivity index (χ0) is 13.1. The van der Waals surface area contributed by atoms with Gasteiger partial charge in [-0.25, -0.2) is 8.78 Å². The zero-order valence-corrected chi connectivity index (χ0v) is 10.1. The summed E-state index contributed by atoms with van der Waals surface area (Å²) in [5.41, 5.74) is 0. The summed E-state index contributed by atoms with van der Waals surface area (Å²) in [6.45, 7) is 1.65. The van der Waals surface area contributed by atoms with Gasteiger partial charge >= 0.3 is 0 Å². The van der Waals surface area contributed by atoms with E-state index in [1.54, 1.807) is 6.92 Å². The Labute approximate surface area is 107 Å². The fourth-order valence-electron chi connectivity index (χ4n) is 1.20. The molecule has 0 aliphatic heterocycles. The molecule has 0 bridgehead atoms. The van der Waals surface area contributed by atoms with Crippen LogP contribution in [0.2, 0.25) is 0 Å². The minimum absolute atomic E-state index is 0.0400. The number of rotatable bonds is 4. The topological polar surface area (TPSA) is 48.2 Å². The third-order valence-corrected chi connectivity index (χ3v) is 2.26. The Balaban J connectivity index is 2.00. The Kier molecular flexibility index (Phi) is 3.76. The summed E-state index contributed by atoms with van der Waals surface area (Å²) < 4.78 is 35.9. The predicted octanol–water partition coefficient (Wildman–Crippen LogP) is 3.23. The zero-order valence-electron chi connectivity index (χ0n) is 9.36. The van der Waals surface area contributed by atoms with E-state index >= 15 is 0 Å². The maximum atomic E-state index is 12.9. The Morgan fingerprint density at radius 2 is 2.11 bits per heavy atom. The lowest BCUT2D eigenvalue weighted by Gasteiger charge is -2.03. The fraction of sp³-hybridized carbons (Fsp3) is 0.273. The van der Waals surface area contributed by atoms with Crippen molar-refractivity contribution in [3.8, 4) is 5.75 Å². The van der Waals surface area contributed by atoms with Crippen molar-refractivity contribution in [2.24, 2.45) is 0 Å². The minimum atomic E-state index is -0.979. The molecule has 1 atom stereocenters. The molecule has 2 aromatic rings. The van der Waals surface area contributed by atoms with E-state index in [1.807, 2.05) is 0 Å². The van der Waals surface area contributed by atoms with Gasteiger partial charge in [-0.3, -0.25) is 0 Å². The first-order valence-corrected chi connectivity index (χ1v) is 5.54. The summed E-state index contributed by atoms with van der Waals surface area (Å²) in [4.78, 5) is 0. The lowest BCUT2D eigenvalue weighted by molar-refractivity contribution is 0.257. The van der Waals surface area contributed by atoms with Crippen molar-refractivity contribution >= 4 is 11.6 Å². The van der Waals surface area contributed by atoms with Crippen LogP contribution in [0.4, 0.5) is 8.78 Å². The summed E-state index contributed by atoms with van der Waals surface area (Å²) >= 11 is 5.74. The Morgan fingerprint density at radius 1 is 1.33 bits per heavy atom. The van der Waals surface area contributed by atoms with Crippen LogP contribution in [0.15, 0.2) is 22.6 Å². The summed E-state index contributed by atoms with van der Waals surface area (Å²) in [5.74, 6) is -1.25. The number of ether oxygens (including phenoxy) is 1. The van der Waals surface area contributed by atoms with Crippen molar-refractivity contribution in [1.82, 2.24) is 10.2 Å². The SMILES string of the molecule is CC(Cl)c1nnc(COc2ccc(F)c(F)c2)o1. The quantitative estimate of drug-likeness (QED) is 0.803. The Morgan fingerprint density at radius 3 is 2.72 bits per heavy atom. The number of hydrogen-bond acceptors (Lipinski definition) is 4. The van der Waals surface area contributed by atoms with Crippen molar-refractivity contribution in [1.29, 1.82) is 0 Å². The molecule has 0 aliphatic carbocycles. The van der Waals surface area contributed by atoms with Crippen molar-refractivity contribution in [3.05, 3.63) is 41.6 Å². The van der Waals surface area contributed by atoms with Gasteiger partial charge in [-0.1, -0.05) is 0 Å². The number of hydrogen-bond donors (Lipinski definition) is 0. The van der Waals surface area contributed by atoms with Crippen LogP contribution in [0, 0.1) is 11.6 Å². The molecular formula is C11H9ClF2N2O2. The maximum Gasteiger partial charge on any atom is 0.253 e.